The van der Waals surface area contributed by atoms with Gasteiger partial charge < -0.3 is 10.1 Å². The minimum atomic E-state index is -0.908. The van der Waals surface area contributed by atoms with Crippen molar-refractivity contribution in [3.8, 4) is 0 Å². The first kappa shape index (κ1) is 11.0. The van der Waals surface area contributed by atoms with Gasteiger partial charge in [-0.3, -0.25) is 4.79 Å². The molecule has 1 heterocycles. The highest BCUT2D eigenvalue weighted by molar-refractivity contribution is 7.15. The molecule has 1 N–H and O–H groups in total. The monoisotopic (exact) mass is 233 g/mol. The molecule has 0 spiro atoms. The van der Waals surface area contributed by atoms with Crippen LogP contribution in [-0.4, -0.2) is 18.5 Å². The summed E-state index contributed by atoms with van der Waals surface area (Å²) in [4.78, 5) is 22.0. The molecule has 1 aromatic rings. The molecular formula is C8H8ClNO3S. The number of thiophene rings is 1. The first-order chi connectivity index (χ1) is 6.65. The lowest BCUT2D eigenvalue weighted by molar-refractivity contribution is -0.152. The van der Waals surface area contributed by atoms with Crippen molar-refractivity contribution in [2.45, 2.75) is 6.92 Å². The SMILES string of the molecule is CCOC(=O)C(=O)Nc1ccsc1Cl. The van der Waals surface area contributed by atoms with Gasteiger partial charge in [0.1, 0.15) is 4.34 Å². The van der Waals surface area contributed by atoms with E-state index in [4.69, 9.17) is 11.6 Å². The lowest BCUT2D eigenvalue weighted by Gasteiger charge is -2.02. The summed E-state index contributed by atoms with van der Waals surface area (Å²) < 4.78 is 4.93. The Hall–Kier alpha value is -1.07. The van der Waals surface area contributed by atoms with Crippen LogP contribution < -0.4 is 5.32 Å². The molecule has 6 heteroatoms. The fourth-order valence-electron chi connectivity index (χ4n) is 0.752. The summed E-state index contributed by atoms with van der Waals surface area (Å²) in [6.07, 6.45) is 0. The largest absolute Gasteiger partial charge is 0.459 e. The van der Waals surface area contributed by atoms with Crippen molar-refractivity contribution in [3.63, 3.8) is 0 Å². The highest BCUT2D eigenvalue weighted by atomic mass is 35.5. The Morgan fingerprint density at radius 1 is 1.64 bits per heavy atom. The Morgan fingerprint density at radius 2 is 2.36 bits per heavy atom. The molecule has 0 saturated carbocycles. The van der Waals surface area contributed by atoms with Crippen LogP contribution in [0.1, 0.15) is 6.92 Å². The number of amides is 1. The summed E-state index contributed by atoms with van der Waals surface area (Å²) in [5.74, 6) is -1.72. The van der Waals surface area contributed by atoms with Crippen LogP contribution in [0.2, 0.25) is 4.34 Å². The molecule has 1 rings (SSSR count). The smallest absolute Gasteiger partial charge is 0.397 e. The predicted octanol–water partition coefficient (Wildman–Crippen LogP) is 1.90. The number of esters is 1. The Bertz CT molecular complexity index is 350. The molecule has 76 valence electrons. The van der Waals surface area contributed by atoms with Crippen molar-refractivity contribution >= 4 is 40.5 Å². The lowest BCUT2D eigenvalue weighted by atomic mass is 10.5. The Kier molecular flexibility index (Phi) is 3.91. The van der Waals surface area contributed by atoms with Crippen LogP contribution in [0, 0.1) is 0 Å². The number of anilines is 1. The van der Waals surface area contributed by atoms with E-state index in [1.165, 1.54) is 11.3 Å². The molecule has 1 aromatic heterocycles. The van der Waals surface area contributed by atoms with Gasteiger partial charge in [0.05, 0.1) is 12.3 Å². The highest BCUT2D eigenvalue weighted by Gasteiger charge is 2.16. The minimum absolute atomic E-state index is 0.170. The van der Waals surface area contributed by atoms with Gasteiger partial charge in [-0.15, -0.1) is 11.3 Å². The van der Waals surface area contributed by atoms with Gasteiger partial charge in [0.2, 0.25) is 0 Å². The molecule has 0 bridgehead atoms. The lowest BCUT2D eigenvalue weighted by Crippen LogP contribution is -2.24. The molecule has 0 aromatic carbocycles. The first-order valence-corrected chi connectivity index (χ1v) is 5.12. The molecular weight excluding hydrogens is 226 g/mol. The number of carbonyl (C=O) groups is 2. The van der Waals surface area contributed by atoms with E-state index in [9.17, 15) is 9.59 Å². The van der Waals surface area contributed by atoms with E-state index in [1.807, 2.05) is 0 Å². The van der Waals surface area contributed by atoms with Crippen LogP contribution in [0.4, 0.5) is 5.69 Å². The Labute approximate surface area is 89.8 Å². The van der Waals surface area contributed by atoms with Crippen molar-refractivity contribution in [3.05, 3.63) is 15.8 Å². The summed E-state index contributed by atoms with van der Waals surface area (Å²) in [7, 11) is 0. The topological polar surface area (TPSA) is 55.4 Å². The number of nitrogens with one attached hydrogen (secondary N) is 1. The second kappa shape index (κ2) is 4.97. The van der Waals surface area contributed by atoms with Gasteiger partial charge in [0.15, 0.2) is 0 Å². The third-order valence-corrected chi connectivity index (χ3v) is 2.50. The van der Waals surface area contributed by atoms with Crippen molar-refractivity contribution in [1.82, 2.24) is 0 Å². The molecule has 0 aliphatic carbocycles. The Balaban J connectivity index is 2.57. The van der Waals surface area contributed by atoms with E-state index in [1.54, 1.807) is 18.4 Å². The molecule has 0 aliphatic heterocycles. The molecule has 0 radical (unpaired) electrons. The molecule has 0 atom stereocenters. The van der Waals surface area contributed by atoms with Crippen LogP contribution in [-0.2, 0) is 14.3 Å². The number of halogens is 1. The van der Waals surface area contributed by atoms with Gasteiger partial charge in [0.25, 0.3) is 0 Å². The quantitative estimate of drug-likeness (QED) is 0.627. The normalized spacial score (nSPS) is 9.57. The zero-order chi connectivity index (χ0) is 10.6. The van der Waals surface area contributed by atoms with E-state index >= 15 is 0 Å². The first-order valence-electron chi connectivity index (χ1n) is 3.86. The fraction of sp³-hybridized carbons (Fsp3) is 0.250. The molecule has 0 aliphatic rings. The van der Waals surface area contributed by atoms with E-state index in [2.05, 4.69) is 10.1 Å². The number of hydrogen-bond donors (Lipinski definition) is 1. The maximum Gasteiger partial charge on any atom is 0.397 e. The van der Waals surface area contributed by atoms with Gasteiger partial charge in [-0.2, -0.15) is 0 Å². The second-order valence-electron chi connectivity index (χ2n) is 2.28. The average Bonchev–Trinajstić information content (AvgIpc) is 2.52. The van der Waals surface area contributed by atoms with Crippen LogP contribution >= 0.6 is 22.9 Å². The third kappa shape index (κ3) is 2.71. The van der Waals surface area contributed by atoms with Crippen molar-refractivity contribution in [2.75, 3.05) is 11.9 Å². The van der Waals surface area contributed by atoms with Gasteiger partial charge in [-0.25, -0.2) is 4.79 Å². The Morgan fingerprint density at radius 3 is 2.86 bits per heavy atom. The summed E-state index contributed by atoms with van der Waals surface area (Å²) in [6.45, 7) is 1.80. The zero-order valence-electron chi connectivity index (χ0n) is 7.37. The molecule has 14 heavy (non-hydrogen) atoms. The van der Waals surface area contributed by atoms with Crippen LogP contribution in [0.5, 0.6) is 0 Å². The summed E-state index contributed by atoms with van der Waals surface area (Å²) in [6, 6.07) is 1.62. The van der Waals surface area contributed by atoms with E-state index < -0.39 is 11.9 Å². The maximum atomic E-state index is 11.1. The molecule has 0 saturated heterocycles. The van der Waals surface area contributed by atoms with Gasteiger partial charge in [0, 0.05) is 0 Å². The van der Waals surface area contributed by atoms with Gasteiger partial charge >= 0.3 is 11.9 Å². The molecule has 0 unspecified atom stereocenters. The van der Waals surface area contributed by atoms with Crippen molar-refractivity contribution < 1.29 is 14.3 Å². The second-order valence-corrected chi connectivity index (χ2v) is 3.80. The van der Waals surface area contributed by atoms with E-state index in [0.29, 0.717) is 10.0 Å². The minimum Gasteiger partial charge on any atom is -0.459 e. The van der Waals surface area contributed by atoms with Crippen LogP contribution in [0.25, 0.3) is 0 Å². The van der Waals surface area contributed by atoms with E-state index in [0.717, 1.165) is 0 Å². The number of carbonyl (C=O) groups excluding carboxylic acids is 2. The standard InChI is InChI=1S/C8H8ClNO3S/c1-2-13-8(12)7(11)10-5-3-4-14-6(5)9/h3-4H,2H2,1H3,(H,10,11). The molecule has 1 amide bonds. The van der Waals surface area contributed by atoms with Crippen molar-refractivity contribution in [2.24, 2.45) is 0 Å². The third-order valence-electron chi connectivity index (χ3n) is 1.33. The number of ether oxygens (including phenoxy) is 1. The van der Waals surface area contributed by atoms with Gasteiger partial charge in [-0.05, 0) is 18.4 Å². The van der Waals surface area contributed by atoms with Crippen LogP contribution in [0.15, 0.2) is 11.4 Å². The highest BCUT2D eigenvalue weighted by Crippen LogP contribution is 2.27. The number of hydrogen-bond acceptors (Lipinski definition) is 4. The summed E-state index contributed by atoms with van der Waals surface area (Å²) in [5.41, 5.74) is 0.426. The number of rotatable bonds is 2. The van der Waals surface area contributed by atoms with Gasteiger partial charge in [-0.1, -0.05) is 11.6 Å². The predicted molar refractivity (Wildman–Crippen MR) is 54.6 cm³/mol. The van der Waals surface area contributed by atoms with Crippen molar-refractivity contribution in [1.29, 1.82) is 0 Å². The van der Waals surface area contributed by atoms with E-state index in [-0.39, 0.29) is 6.61 Å². The fourth-order valence-corrected chi connectivity index (χ4v) is 1.59. The summed E-state index contributed by atoms with van der Waals surface area (Å²) >= 11 is 6.99. The molecule has 4 nitrogen and oxygen atoms in total. The zero-order valence-corrected chi connectivity index (χ0v) is 8.95. The maximum absolute atomic E-state index is 11.1. The summed E-state index contributed by atoms with van der Waals surface area (Å²) in [5, 5.41) is 4.05. The van der Waals surface area contributed by atoms with Crippen LogP contribution in [0.3, 0.4) is 0 Å². The molecule has 0 fully saturated rings. The average molecular weight is 234 g/mol.